The average Bonchev–Trinajstić information content (AvgIpc) is 2.08. The molecular formula is C9H11CuNO3. The van der Waals surface area contributed by atoms with Crippen LogP contribution in [0.1, 0.15) is 5.56 Å². The largest absolute Gasteiger partial charge is 0.508 e. The molecule has 0 amide bonds. The Morgan fingerprint density at radius 3 is 2.29 bits per heavy atom. The molecular weight excluding hydrogens is 234 g/mol. The molecule has 0 aromatic heterocycles. The van der Waals surface area contributed by atoms with E-state index >= 15 is 0 Å². The van der Waals surface area contributed by atoms with E-state index in [0.29, 0.717) is 0 Å². The Balaban J connectivity index is 0.00000169. The molecule has 0 bridgehead atoms. The number of phenolic OH excluding ortho intramolecular Hbond substituents is 1. The van der Waals surface area contributed by atoms with Crippen LogP contribution in [-0.4, -0.2) is 22.2 Å². The topological polar surface area (TPSA) is 83.5 Å². The first kappa shape index (κ1) is 13.0. The van der Waals surface area contributed by atoms with Gasteiger partial charge >= 0.3 is 5.97 Å². The average molecular weight is 245 g/mol. The van der Waals surface area contributed by atoms with Gasteiger partial charge in [0.15, 0.2) is 0 Å². The molecule has 0 saturated heterocycles. The number of aliphatic carboxylic acids is 1. The number of aromatic hydroxyl groups is 1. The molecule has 0 unspecified atom stereocenters. The van der Waals surface area contributed by atoms with Gasteiger partial charge in [0.05, 0.1) is 0 Å². The van der Waals surface area contributed by atoms with Gasteiger partial charge in [0, 0.05) is 17.1 Å². The summed E-state index contributed by atoms with van der Waals surface area (Å²) in [6.45, 7) is 0. The molecule has 0 aliphatic rings. The third-order valence-corrected chi connectivity index (χ3v) is 1.71. The number of hydrogen-bond acceptors (Lipinski definition) is 3. The van der Waals surface area contributed by atoms with Crippen LogP contribution in [0, 0.1) is 0 Å². The summed E-state index contributed by atoms with van der Waals surface area (Å²) in [5.41, 5.74) is 6.12. The molecule has 81 valence electrons. The van der Waals surface area contributed by atoms with Crippen LogP contribution in [0.25, 0.3) is 0 Å². The smallest absolute Gasteiger partial charge is 0.320 e. The van der Waals surface area contributed by atoms with Crippen molar-refractivity contribution in [2.24, 2.45) is 5.73 Å². The van der Waals surface area contributed by atoms with Gasteiger partial charge in [-0.05, 0) is 24.1 Å². The number of phenols is 1. The molecule has 1 radical (unpaired) electrons. The van der Waals surface area contributed by atoms with Crippen molar-refractivity contribution in [3.05, 3.63) is 29.8 Å². The number of carboxylic acids is 1. The Labute approximate surface area is 92.2 Å². The van der Waals surface area contributed by atoms with Gasteiger partial charge in [-0.2, -0.15) is 0 Å². The monoisotopic (exact) mass is 244 g/mol. The Morgan fingerprint density at radius 2 is 1.86 bits per heavy atom. The molecule has 4 N–H and O–H groups in total. The summed E-state index contributed by atoms with van der Waals surface area (Å²) in [4.78, 5) is 10.4. The van der Waals surface area contributed by atoms with Crippen molar-refractivity contribution >= 4 is 5.97 Å². The van der Waals surface area contributed by atoms with E-state index in [0.717, 1.165) is 5.56 Å². The third-order valence-electron chi connectivity index (χ3n) is 1.71. The van der Waals surface area contributed by atoms with E-state index in [1.54, 1.807) is 12.1 Å². The normalized spacial score (nSPS) is 11.5. The van der Waals surface area contributed by atoms with Crippen molar-refractivity contribution in [1.82, 2.24) is 0 Å². The van der Waals surface area contributed by atoms with Gasteiger partial charge in [-0.15, -0.1) is 0 Å². The summed E-state index contributed by atoms with van der Waals surface area (Å²) >= 11 is 0. The van der Waals surface area contributed by atoms with E-state index in [-0.39, 0.29) is 29.2 Å². The molecule has 0 fully saturated rings. The first-order valence-corrected chi connectivity index (χ1v) is 3.86. The number of nitrogens with two attached hydrogens (primary N) is 1. The van der Waals surface area contributed by atoms with Gasteiger partial charge in [-0.1, -0.05) is 12.1 Å². The van der Waals surface area contributed by atoms with Crippen LogP contribution < -0.4 is 5.73 Å². The van der Waals surface area contributed by atoms with Gasteiger partial charge in [0.2, 0.25) is 0 Å². The Bertz CT molecular complexity index is 299. The summed E-state index contributed by atoms with van der Waals surface area (Å²) < 4.78 is 0. The van der Waals surface area contributed by atoms with Crippen LogP contribution in [0.2, 0.25) is 0 Å². The second kappa shape index (κ2) is 5.65. The third kappa shape index (κ3) is 3.79. The Hall–Kier alpha value is -1.03. The molecule has 0 spiro atoms. The van der Waals surface area contributed by atoms with Crippen LogP contribution in [0.5, 0.6) is 5.75 Å². The van der Waals surface area contributed by atoms with E-state index in [4.69, 9.17) is 15.9 Å². The molecule has 0 saturated carbocycles. The molecule has 4 nitrogen and oxygen atoms in total. The number of carbonyl (C=O) groups is 1. The van der Waals surface area contributed by atoms with E-state index in [1.165, 1.54) is 12.1 Å². The van der Waals surface area contributed by atoms with Crippen LogP contribution in [0.4, 0.5) is 0 Å². The predicted octanol–water partition coefficient (Wildman–Crippen LogP) is 0.344. The number of carboxylic acid groups (broad SMARTS) is 1. The molecule has 1 aromatic carbocycles. The van der Waals surface area contributed by atoms with Crippen LogP contribution in [0.15, 0.2) is 24.3 Å². The number of rotatable bonds is 3. The van der Waals surface area contributed by atoms with E-state index < -0.39 is 12.0 Å². The number of hydrogen-bond donors (Lipinski definition) is 3. The van der Waals surface area contributed by atoms with Crippen LogP contribution >= 0.6 is 0 Å². The maximum Gasteiger partial charge on any atom is 0.320 e. The SMILES string of the molecule is N[C@@H](Cc1ccc(O)cc1)C(=O)O.[Cu]. The fourth-order valence-electron chi connectivity index (χ4n) is 0.973. The summed E-state index contributed by atoms with van der Waals surface area (Å²) in [5.74, 6) is -0.860. The van der Waals surface area contributed by atoms with Gasteiger partial charge in [-0.3, -0.25) is 4.79 Å². The minimum absolute atomic E-state index is 0. The van der Waals surface area contributed by atoms with Gasteiger partial charge in [0.1, 0.15) is 11.8 Å². The van der Waals surface area contributed by atoms with Crippen molar-refractivity contribution < 1.29 is 32.1 Å². The maximum absolute atomic E-state index is 10.4. The van der Waals surface area contributed by atoms with E-state index in [9.17, 15) is 4.79 Å². The fraction of sp³-hybridized carbons (Fsp3) is 0.222. The van der Waals surface area contributed by atoms with Crippen molar-refractivity contribution in [2.45, 2.75) is 12.5 Å². The zero-order valence-corrected chi connectivity index (χ0v) is 8.22. The second-order valence-corrected chi connectivity index (χ2v) is 2.82. The fourth-order valence-corrected chi connectivity index (χ4v) is 0.973. The molecule has 5 heteroatoms. The van der Waals surface area contributed by atoms with Crippen LogP contribution in [0.3, 0.4) is 0 Å². The van der Waals surface area contributed by atoms with Crippen LogP contribution in [-0.2, 0) is 28.3 Å². The molecule has 0 aliphatic carbocycles. The van der Waals surface area contributed by atoms with Gasteiger partial charge in [-0.25, -0.2) is 0 Å². The van der Waals surface area contributed by atoms with Crippen molar-refractivity contribution in [3.63, 3.8) is 0 Å². The minimum atomic E-state index is -1.02. The predicted molar refractivity (Wildman–Crippen MR) is 47.4 cm³/mol. The summed E-state index contributed by atoms with van der Waals surface area (Å²) in [5, 5.41) is 17.5. The Kier molecular flexibility index (Phi) is 5.23. The van der Waals surface area contributed by atoms with Gasteiger partial charge < -0.3 is 15.9 Å². The molecule has 0 aliphatic heterocycles. The van der Waals surface area contributed by atoms with Crippen molar-refractivity contribution in [1.29, 1.82) is 0 Å². The first-order chi connectivity index (χ1) is 6.09. The summed E-state index contributed by atoms with van der Waals surface area (Å²) in [6.07, 6.45) is 0.273. The maximum atomic E-state index is 10.4. The van der Waals surface area contributed by atoms with Crippen molar-refractivity contribution in [3.8, 4) is 5.75 Å². The molecule has 1 atom stereocenters. The Morgan fingerprint density at radius 1 is 1.36 bits per heavy atom. The molecule has 1 rings (SSSR count). The zero-order chi connectivity index (χ0) is 9.84. The summed E-state index contributed by atoms with van der Waals surface area (Å²) in [7, 11) is 0. The second-order valence-electron chi connectivity index (χ2n) is 2.82. The molecule has 1 aromatic rings. The molecule has 14 heavy (non-hydrogen) atoms. The van der Waals surface area contributed by atoms with E-state index in [2.05, 4.69) is 0 Å². The van der Waals surface area contributed by atoms with Crippen molar-refractivity contribution in [2.75, 3.05) is 0 Å². The quantitative estimate of drug-likeness (QED) is 0.670. The minimum Gasteiger partial charge on any atom is -0.508 e. The molecule has 0 heterocycles. The summed E-state index contributed by atoms with van der Waals surface area (Å²) in [6, 6.07) is 5.42. The number of benzene rings is 1. The standard InChI is InChI=1S/C9H11NO3.Cu/c10-8(9(12)13)5-6-1-3-7(11)4-2-6;/h1-4,8,11H,5,10H2,(H,12,13);/t8-;/m0./s1. The zero-order valence-electron chi connectivity index (χ0n) is 7.28. The van der Waals surface area contributed by atoms with Gasteiger partial charge in [0.25, 0.3) is 0 Å². The first-order valence-electron chi connectivity index (χ1n) is 3.86. The van der Waals surface area contributed by atoms with E-state index in [1.807, 2.05) is 0 Å².